The summed E-state index contributed by atoms with van der Waals surface area (Å²) in [6, 6.07) is 15.5. The summed E-state index contributed by atoms with van der Waals surface area (Å²) >= 11 is 5.73. The van der Waals surface area contributed by atoms with Gasteiger partial charge in [0, 0.05) is 49.9 Å². The smallest absolute Gasteiger partial charge is 0.226 e. The second-order valence-corrected chi connectivity index (χ2v) is 9.23. The third-order valence-electron chi connectivity index (χ3n) is 6.50. The molecule has 2 saturated heterocycles. The van der Waals surface area contributed by atoms with Gasteiger partial charge in [-0.05, 0) is 73.6 Å². The van der Waals surface area contributed by atoms with Crippen molar-refractivity contribution in [2.24, 2.45) is 0 Å². The Morgan fingerprint density at radius 3 is 2.80 bits per heavy atom. The maximum absolute atomic E-state index is 13.2. The van der Waals surface area contributed by atoms with Crippen LogP contribution in [0.25, 0.3) is 0 Å². The SMILES string of the molecule is O=C(CCN1C(=S)NC(c2ccccn2)C1c1cccn1CC1CCCO1)Nc1ccc(F)cc1. The summed E-state index contributed by atoms with van der Waals surface area (Å²) in [5, 5.41) is 6.85. The summed E-state index contributed by atoms with van der Waals surface area (Å²) in [7, 11) is 0. The third kappa shape index (κ3) is 5.36. The molecule has 5 rings (SSSR count). The highest BCUT2D eigenvalue weighted by Crippen LogP contribution is 2.39. The maximum atomic E-state index is 13.2. The minimum absolute atomic E-state index is 0.132. The topological polar surface area (TPSA) is 71.4 Å². The molecule has 2 aliphatic heterocycles. The van der Waals surface area contributed by atoms with Gasteiger partial charge in [0.1, 0.15) is 5.82 Å². The van der Waals surface area contributed by atoms with E-state index in [4.69, 9.17) is 17.0 Å². The normalized spacial score (nSPS) is 21.8. The fourth-order valence-corrected chi connectivity index (χ4v) is 5.15. The Morgan fingerprint density at radius 1 is 1.20 bits per heavy atom. The van der Waals surface area contributed by atoms with Crippen molar-refractivity contribution < 1.29 is 13.9 Å². The van der Waals surface area contributed by atoms with E-state index in [1.807, 2.05) is 24.3 Å². The highest BCUT2D eigenvalue weighted by Gasteiger charge is 2.41. The van der Waals surface area contributed by atoms with Crippen LogP contribution in [0.4, 0.5) is 10.1 Å². The molecule has 0 aliphatic carbocycles. The van der Waals surface area contributed by atoms with Gasteiger partial charge < -0.3 is 24.8 Å². The summed E-state index contributed by atoms with van der Waals surface area (Å²) in [4.78, 5) is 19.3. The van der Waals surface area contributed by atoms with Crippen molar-refractivity contribution >= 4 is 28.9 Å². The molecule has 3 unspecified atom stereocenters. The third-order valence-corrected chi connectivity index (χ3v) is 6.85. The van der Waals surface area contributed by atoms with E-state index in [-0.39, 0.29) is 36.3 Å². The maximum Gasteiger partial charge on any atom is 0.226 e. The number of benzene rings is 1. The van der Waals surface area contributed by atoms with Crippen molar-refractivity contribution in [1.29, 1.82) is 0 Å². The number of anilines is 1. The summed E-state index contributed by atoms with van der Waals surface area (Å²) in [5.74, 6) is -0.500. The second kappa shape index (κ2) is 10.5. The molecule has 0 radical (unpaired) electrons. The van der Waals surface area contributed by atoms with Crippen molar-refractivity contribution in [3.63, 3.8) is 0 Å². The van der Waals surface area contributed by atoms with Crippen LogP contribution in [0.5, 0.6) is 0 Å². The molecule has 2 aromatic heterocycles. The lowest BCUT2D eigenvalue weighted by Gasteiger charge is -2.29. The zero-order valence-corrected chi connectivity index (χ0v) is 20.1. The van der Waals surface area contributed by atoms with Gasteiger partial charge in [0.2, 0.25) is 5.91 Å². The molecular weight excluding hydrogens is 465 g/mol. The van der Waals surface area contributed by atoms with E-state index in [0.717, 1.165) is 37.4 Å². The monoisotopic (exact) mass is 493 g/mol. The number of halogens is 1. The molecule has 0 spiro atoms. The number of aromatic nitrogens is 2. The molecular formula is C26H28FN5O2S. The Bertz CT molecular complexity index is 1160. The van der Waals surface area contributed by atoms with E-state index in [1.54, 1.807) is 18.3 Å². The number of carbonyl (C=O) groups is 1. The Morgan fingerprint density at radius 2 is 2.06 bits per heavy atom. The van der Waals surface area contributed by atoms with E-state index < -0.39 is 0 Å². The number of thiocarbonyl (C=S) groups is 1. The number of amides is 1. The molecule has 35 heavy (non-hydrogen) atoms. The number of nitrogens with zero attached hydrogens (tertiary/aromatic N) is 3. The van der Waals surface area contributed by atoms with Gasteiger partial charge in [0.05, 0.1) is 23.9 Å². The van der Waals surface area contributed by atoms with Crippen LogP contribution >= 0.6 is 12.2 Å². The van der Waals surface area contributed by atoms with Crippen LogP contribution < -0.4 is 10.6 Å². The average Bonchev–Trinajstić information content (AvgIpc) is 3.61. The highest BCUT2D eigenvalue weighted by molar-refractivity contribution is 7.80. The highest BCUT2D eigenvalue weighted by atomic mass is 32.1. The molecule has 3 atom stereocenters. The lowest BCUT2D eigenvalue weighted by atomic mass is 10.0. The number of rotatable bonds is 8. The lowest BCUT2D eigenvalue weighted by molar-refractivity contribution is -0.116. The first-order valence-corrected chi connectivity index (χ1v) is 12.3. The van der Waals surface area contributed by atoms with Gasteiger partial charge in [-0.3, -0.25) is 9.78 Å². The standard InChI is InChI=1S/C26H28FN5O2S/c27-18-8-10-19(11-9-18)29-23(33)12-15-32-25(24(30-26(32)35)21-6-1-2-13-28-21)22-7-3-14-31(22)17-20-5-4-16-34-20/h1-3,6-11,13-14,20,24-25H,4-5,12,15-17H2,(H,29,33)(H,30,35). The van der Waals surface area contributed by atoms with Crippen molar-refractivity contribution in [2.75, 3.05) is 18.5 Å². The van der Waals surface area contributed by atoms with Crippen LogP contribution in [0.2, 0.25) is 0 Å². The number of nitrogens with one attached hydrogen (secondary N) is 2. The molecule has 2 aliphatic rings. The van der Waals surface area contributed by atoms with Crippen LogP contribution in [0.15, 0.2) is 67.0 Å². The lowest BCUT2D eigenvalue weighted by Crippen LogP contribution is -2.33. The second-order valence-electron chi connectivity index (χ2n) is 8.85. The zero-order valence-electron chi connectivity index (χ0n) is 19.3. The first kappa shape index (κ1) is 23.4. The van der Waals surface area contributed by atoms with Crippen molar-refractivity contribution in [3.05, 3.63) is 84.2 Å². The molecule has 4 heterocycles. The number of ether oxygens (including phenoxy) is 1. The molecule has 2 fully saturated rings. The van der Waals surface area contributed by atoms with E-state index >= 15 is 0 Å². The van der Waals surface area contributed by atoms with E-state index in [1.165, 1.54) is 12.1 Å². The Hall–Kier alpha value is -3.30. The first-order valence-electron chi connectivity index (χ1n) is 11.9. The number of hydrogen-bond acceptors (Lipinski definition) is 4. The van der Waals surface area contributed by atoms with Crippen LogP contribution in [0.3, 0.4) is 0 Å². The minimum Gasteiger partial charge on any atom is -0.376 e. The van der Waals surface area contributed by atoms with Crippen LogP contribution in [-0.2, 0) is 16.1 Å². The zero-order chi connectivity index (χ0) is 24.2. The predicted octanol–water partition coefficient (Wildman–Crippen LogP) is 4.20. The van der Waals surface area contributed by atoms with Crippen LogP contribution in [0, 0.1) is 5.82 Å². The van der Waals surface area contributed by atoms with Crippen LogP contribution in [-0.4, -0.2) is 44.7 Å². The van der Waals surface area contributed by atoms with E-state index in [9.17, 15) is 9.18 Å². The Kier molecular flexibility index (Phi) is 7.06. The van der Waals surface area contributed by atoms with Crippen molar-refractivity contribution in [2.45, 2.75) is 44.0 Å². The molecule has 0 saturated carbocycles. The summed E-state index contributed by atoms with van der Waals surface area (Å²) < 4.78 is 21.3. The number of carbonyl (C=O) groups excluding carboxylic acids is 1. The van der Waals surface area contributed by atoms with Gasteiger partial charge >= 0.3 is 0 Å². The predicted molar refractivity (Wildman–Crippen MR) is 135 cm³/mol. The molecule has 1 amide bonds. The van der Waals surface area contributed by atoms with Gasteiger partial charge in [-0.15, -0.1) is 0 Å². The van der Waals surface area contributed by atoms with Crippen molar-refractivity contribution in [3.8, 4) is 0 Å². The summed E-state index contributed by atoms with van der Waals surface area (Å²) in [6.45, 7) is 2.01. The van der Waals surface area contributed by atoms with Crippen LogP contribution in [0.1, 0.15) is 42.7 Å². The molecule has 182 valence electrons. The van der Waals surface area contributed by atoms with Gasteiger partial charge in [-0.2, -0.15) is 0 Å². The fourth-order valence-electron chi connectivity index (χ4n) is 4.82. The van der Waals surface area contributed by atoms with E-state index in [2.05, 4.69) is 37.3 Å². The van der Waals surface area contributed by atoms with Gasteiger partial charge in [-0.25, -0.2) is 4.39 Å². The van der Waals surface area contributed by atoms with Crippen molar-refractivity contribution in [1.82, 2.24) is 19.8 Å². The molecule has 7 nitrogen and oxygen atoms in total. The first-order chi connectivity index (χ1) is 17.1. The molecule has 1 aromatic carbocycles. The Labute approximate surface area is 209 Å². The summed E-state index contributed by atoms with van der Waals surface area (Å²) in [5.41, 5.74) is 2.55. The number of pyridine rings is 1. The van der Waals surface area contributed by atoms with Gasteiger partial charge in [-0.1, -0.05) is 6.07 Å². The van der Waals surface area contributed by atoms with Gasteiger partial charge in [0.25, 0.3) is 0 Å². The average molecular weight is 494 g/mol. The fraction of sp³-hybridized carbons (Fsp3) is 0.346. The van der Waals surface area contributed by atoms with E-state index in [0.29, 0.717) is 17.3 Å². The molecule has 9 heteroatoms. The molecule has 0 bridgehead atoms. The summed E-state index contributed by atoms with van der Waals surface area (Å²) in [6.07, 6.45) is 6.43. The molecule has 3 aromatic rings. The minimum atomic E-state index is -0.342. The largest absolute Gasteiger partial charge is 0.376 e. The Balaban J connectivity index is 1.36. The molecule has 2 N–H and O–H groups in total. The van der Waals surface area contributed by atoms with Gasteiger partial charge in [0.15, 0.2) is 5.11 Å². The quantitative estimate of drug-likeness (QED) is 0.459. The number of hydrogen-bond donors (Lipinski definition) is 2.